The maximum atomic E-state index is 12.9. The fraction of sp³-hybridized carbons (Fsp3) is 0.779. The number of unbranched alkanes of at least 4 members (excludes halogenated alkanes) is 41. The van der Waals surface area contributed by atoms with Crippen LogP contribution >= 0.6 is 0 Å². The number of carbonyl (C=O) groups excluding carboxylic acids is 3. The van der Waals surface area contributed by atoms with E-state index in [2.05, 4.69) is 106 Å². The van der Waals surface area contributed by atoms with E-state index in [4.69, 9.17) is 14.2 Å². The van der Waals surface area contributed by atoms with Crippen LogP contribution in [0.4, 0.5) is 0 Å². The minimum absolute atomic E-state index is 0.0759. The Morgan fingerprint density at radius 2 is 0.470 bits per heavy atom. The molecule has 0 spiro atoms. The molecule has 0 saturated carbocycles. The molecule has 0 fully saturated rings. The van der Waals surface area contributed by atoms with Crippen LogP contribution in [-0.4, -0.2) is 37.2 Å². The molecular formula is C77H136O6. The van der Waals surface area contributed by atoms with E-state index in [0.29, 0.717) is 19.3 Å². The van der Waals surface area contributed by atoms with Gasteiger partial charge in [-0.1, -0.05) is 337 Å². The van der Waals surface area contributed by atoms with Crippen LogP contribution in [0.5, 0.6) is 0 Å². The van der Waals surface area contributed by atoms with Gasteiger partial charge in [0.1, 0.15) is 13.2 Å². The molecule has 0 saturated heterocycles. The van der Waals surface area contributed by atoms with Gasteiger partial charge in [-0.25, -0.2) is 0 Å². The highest BCUT2D eigenvalue weighted by Crippen LogP contribution is 2.18. The van der Waals surface area contributed by atoms with Crippen molar-refractivity contribution >= 4 is 17.9 Å². The zero-order valence-corrected chi connectivity index (χ0v) is 55.2. The number of hydrogen-bond acceptors (Lipinski definition) is 6. The van der Waals surface area contributed by atoms with Gasteiger partial charge in [-0.15, -0.1) is 0 Å². The number of carbonyl (C=O) groups is 3. The average molecular weight is 1160 g/mol. The van der Waals surface area contributed by atoms with E-state index < -0.39 is 6.10 Å². The van der Waals surface area contributed by atoms with Crippen molar-refractivity contribution in [2.75, 3.05) is 13.2 Å². The van der Waals surface area contributed by atoms with Crippen LogP contribution in [-0.2, 0) is 28.6 Å². The van der Waals surface area contributed by atoms with Gasteiger partial charge >= 0.3 is 17.9 Å². The Bertz CT molecular complexity index is 1570. The maximum Gasteiger partial charge on any atom is 0.306 e. The first-order valence-corrected chi connectivity index (χ1v) is 36.1. The van der Waals surface area contributed by atoms with Crippen molar-refractivity contribution in [2.24, 2.45) is 0 Å². The highest BCUT2D eigenvalue weighted by Gasteiger charge is 2.19. The summed E-state index contributed by atoms with van der Waals surface area (Å²) in [6, 6.07) is 0. The SMILES string of the molecule is CC/C=C\C/C=C\C/C=C\C/C=C\CCCCCCCCCCCCCCCCCCCCCCCCC(=O)OCC(COC(=O)CCCCCCCCCCCCC)OC(=O)CCCCCCCC/C=C\C/C=C\C/C=C\CCCCC. The molecule has 0 N–H and O–H groups in total. The molecule has 0 bridgehead atoms. The number of esters is 3. The summed E-state index contributed by atoms with van der Waals surface area (Å²) >= 11 is 0. The smallest absolute Gasteiger partial charge is 0.306 e. The van der Waals surface area contributed by atoms with E-state index in [1.807, 2.05) is 0 Å². The minimum Gasteiger partial charge on any atom is -0.462 e. The van der Waals surface area contributed by atoms with Gasteiger partial charge in [0, 0.05) is 19.3 Å². The van der Waals surface area contributed by atoms with Gasteiger partial charge in [0.05, 0.1) is 0 Å². The van der Waals surface area contributed by atoms with Crippen LogP contribution in [0.1, 0.15) is 367 Å². The second-order valence-corrected chi connectivity index (χ2v) is 24.1. The fourth-order valence-electron chi connectivity index (χ4n) is 10.5. The topological polar surface area (TPSA) is 78.9 Å². The van der Waals surface area contributed by atoms with Crippen LogP contribution in [0.15, 0.2) is 85.1 Å². The first-order valence-electron chi connectivity index (χ1n) is 36.1. The number of allylic oxidation sites excluding steroid dienone is 14. The monoisotopic (exact) mass is 1160 g/mol. The third-order valence-corrected chi connectivity index (χ3v) is 15.9. The van der Waals surface area contributed by atoms with Crippen molar-refractivity contribution in [2.45, 2.75) is 374 Å². The Kier molecular flexibility index (Phi) is 68.2. The first-order chi connectivity index (χ1) is 41.0. The Hall–Kier alpha value is -3.41. The molecule has 1 unspecified atom stereocenters. The molecule has 1 atom stereocenters. The Labute approximate surface area is 515 Å². The summed E-state index contributed by atoms with van der Waals surface area (Å²) in [5, 5.41) is 0. The summed E-state index contributed by atoms with van der Waals surface area (Å²) in [6.45, 7) is 6.53. The van der Waals surface area contributed by atoms with Gasteiger partial charge in [0.2, 0.25) is 0 Å². The summed E-state index contributed by atoms with van der Waals surface area (Å²) in [5.41, 5.74) is 0. The molecule has 0 aromatic heterocycles. The molecule has 0 aliphatic rings. The second kappa shape index (κ2) is 71.1. The predicted octanol–water partition coefficient (Wildman–Crippen LogP) is 25.0. The molecule has 6 heteroatoms. The van der Waals surface area contributed by atoms with Crippen molar-refractivity contribution in [3.63, 3.8) is 0 Å². The third-order valence-electron chi connectivity index (χ3n) is 15.9. The van der Waals surface area contributed by atoms with Gasteiger partial charge in [-0.05, 0) is 96.3 Å². The quantitative estimate of drug-likeness (QED) is 0.0261. The molecular weight excluding hydrogens is 1020 g/mol. The molecule has 6 nitrogen and oxygen atoms in total. The zero-order valence-electron chi connectivity index (χ0n) is 55.2. The molecule has 0 radical (unpaired) electrons. The van der Waals surface area contributed by atoms with E-state index in [-0.39, 0.29) is 31.1 Å². The standard InChI is InChI=1S/C77H136O6/c1-4-7-10-13-16-19-22-24-26-28-30-31-32-33-34-35-36-37-38-39-40-41-42-43-44-45-47-48-50-52-55-58-61-64-67-70-76(79)82-73-74(72-81-75(78)69-66-63-60-57-54-21-18-15-12-9-6-3)83-77(80)71-68-65-62-59-56-53-51-49-46-29-27-25-23-20-17-14-11-8-5-2/h7,10,16-17,19-20,24-27,30-31,46,49,74H,4-6,8-9,11-15,18,21-23,28-29,32-45,47-48,50-73H2,1-3H3/b10-7-,19-16-,20-17-,26-24-,27-25-,31-30-,49-46-. The lowest BCUT2D eigenvalue weighted by Crippen LogP contribution is -2.30. The predicted molar refractivity (Wildman–Crippen MR) is 362 cm³/mol. The van der Waals surface area contributed by atoms with Gasteiger partial charge in [0.25, 0.3) is 0 Å². The largest absolute Gasteiger partial charge is 0.462 e. The maximum absolute atomic E-state index is 12.9. The summed E-state index contributed by atoms with van der Waals surface area (Å²) in [6.07, 6.45) is 94.9. The molecule has 0 rings (SSSR count). The van der Waals surface area contributed by atoms with E-state index in [1.54, 1.807) is 0 Å². The minimum atomic E-state index is -0.780. The highest BCUT2D eigenvalue weighted by molar-refractivity contribution is 5.71. The van der Waals surface area contributed by atoms with Crippen molar-refractivity contribution in [3.05, 3.63) is 85.1 Å². The third kappa shape index (κ3) is 69.3. The van der Waals surface area contributed by atoms with Gasteiger partial charge < -0.3 is 14.2 Å². The van der Waals surface area contributed by atoms with Crippen molar-refractivity contribution in [1.29, 1.82) is 0 Å². The average Bonchev–Trinajstić information content (AvgIpc) is 3.48. The highest BCUT2D eigenvalue weighted by atomic mass is 16.6. The second-order valence-electron chi connectivity index (χ2n) is 24.1. The summed E-state index contributed by atoms with van der Waals surface area (Å²) < 4.78 is 16.9. The normalized spacial score (nSPS) is 12.6. The van der Waals surface area contributed by atoms with Crippen molar-refractivity contribution < 1.29 is 28.6 Å². The molecule has 0 aliphatic carbocycles. The van der Waals surface area contributed by atoms with Crippen LogP contribution in [0.2, 0.25) is 0 Å². The van der Waals surface area contributed by atoms with Crippen LogP contribution in [0.3, 0.4) is 0 Å². The fourth-order valence-corrected chi connectivity index (χ4v) is 10.5. The Balaban J connectivity index is 4.10. The number of rotatable bonds is 66. The van der Waals surface area contributed by atoms with Gasteiger partial charge in [-0.3, -0.25) is 14.4 Å². The Morgan fingerprint density at radius 1 is 0.253 bits per heavy atom. The Morgan fingerprint density at radius 3 is 0.759 bits per heavy atom. The molecule has 0 aromatic rings. The van der Waals surface area contributed by atoms with Crippen molar-refractivity contribution in [1.82, 2.24) is 0 Å². The van der Waals surface area contributed by atoms with Gasteiger partial charge in [0.15, 0.2) is 6.10 Å². The van der Waals surface area contributed by atoms with Crippen LogP contribution < -0.4 is 0 Å². The van der Waals surface area contributed by atoms with Crippen LogP contribution in [0, 0.1) is 0 Å². The van der Waals surface area contributed by atoms with E-state index in [0.717, 1.165) is 103 Å². The van der Waals surface area contributed by atoms with E-state index >= 15 is 0 Å². The summed E-state index contributed by atoms with van der Waals surface area (Å²) in [4.78, 5) is 38.3. The zero-order chi connectivity index (χ0) is 59.9. The van der Waals surface area contributed by atoms with E-state index in [9.17, 15) is 14.4 Å². The molecule has 0 aromatic carbocycles. The lowest BCUT2D eigenvalue weighted by molar-refractivity contribution is -0.167. The lowest BCUT2D eigenvalue weighted by atomic mass is 10.0. The van der Waals surface area contributed by atoms with Crippen LogP contribution in [0.25, 0.3) is 0 Å². The van der Waals surface area contributed by atoms with Gasteiger partial charge in [-0.2, -0.15) is 0 Å². The van der Waals surface area contributed by atoms with Crippen molar-refractivity contribution in [3.8, 4) is 0 Å². The summed E-state index contributed by atoms with van der Waals surface area (Å²) in [7, 11) is 0. The number of ether oxygens (including phenoxy) is 3. The molecule has 0 aliphatic heterocycles. The first kappa shape index (κ1) is 79.6. The molecule has 0 amide bonds. The number of hydrogen-bond donors (Lipinski definition) is 0. The summed E-state index contributed by atoms with van der Waals surface area (Å²) in [5.74, 6) is -0.869. The molecule has 0 heterocycles. The van der Waals surface area contributed by atoms with E-state index in [1.165, 1.54) is 225 Å². The molecule has 480 valence electrons. The lowest BCUT2D eigenvalue weighted by Gasteiger charge is -2.18. The molecule has 83 heavy (non-hydrogen) atoms.